The van der Waals surface area contributed by atoms with Crippen LogP contribution in [0.3, 0.4) is 0 Å². The molecule has 0 rings (SSSR count). The number of hydrogen-bond acceptors (Lipinski definition) is 5. The normalized spacial score (nSPS) is 12.6. The fourth-order valence-electron chi connectivity index (χ4n) is 9.64. The van der Waals surface area contributed by atoms with Crippen molar-refractivity contribution in [1.29, 1.82) is 0 Å². The number of amides is 1. The van der Waals surface area contributed by atoms with Crippen molar-refractivity contribution in [1.82, 2.24) is 5.32 Å². The number of allylic oxidation sites excluding steroid dienone is 2. The summed E-state index contributed by atoms with van der Waals surface area (Å²) in [6.07, 6.45) is 68.0. The van der Waals surface area contributed by atoms with Crippen molar-refractivity contribution < 1.29 is 24.5 Å². The molecule has 0 aromatic heterocycles. The molecule has 0 saturated carbocycles. The summed E-state index contributed by atoms with van der Waals surface area (Å²) >= 11 is 0. The van der Waals surface area contributed by atoms with E-state index in [9.17, 15) is 19.8 Å². The average Bonchev–Trinajstić information content (AvgIpc) is 3.33. The molecule has 0 fully saturated rings. The van der Waals surface area contributed by atoms with Gasteiger partial charge >= 0.3 is 5.97 Å². The van der Waals surface area contributed by atoms with Crippen molar-refractivity contribution >= 4 is 11.9 Å². The lowest BCUT2D eigenvalue weighted by Gasteiger charge is -2.22. The molecule has 0 heterocycles. The molecular weight excluding hydrogens is 827 g/mol. The lowest BCUT2D eigenvalue weighted by Crippen LogP contribution is -2.45. The number of aliphatic hydroxyl groups is 2. The highest BCUT2D eigenvalue weighted by Gasteiger charge is 2.20. The third kappa shape index (κ3) is 53.8. The van der Waals surface area contributed by atoms with E-state index < -0.39 is 12.1 Å². The first kappa shape index (κ1) is 65.6. The zero-order valence-corrected chi connectivity index (χ0v) is 45.4. The second-order valence-corrected chi connectivity index (χ2v) is 21.0. The predicted octanol–water partition coefficient (Wildman–Crippen LogP) is 18.9. The molecular formula is C61H119NO5. The highest BCUT2D eigenvalue weighted by atomic mass is 16.5. The van der Waals surface area contributed by atoms with Gasteiger partial charge in [0, 0.05) is 12.8 Å². The van der Waals surface area contributed by atoms with Crippen LogP contribution in [0.2, 0.25) is 0 Å². The van der Waals surface area contributed by atoms with Gasteiger partial charge in [0.15, 0.2) is 0 Å². The van der Waals surface area contributed by atoms with Crippen LogP contribution in [0.25, 0.3) is 0 Å². The molecule has 0 saturated heterocycles. The summed E-state index contributed by atoms with van der Waals surface area (Å²) in [6.45, 7) is 4.96. The molecule has 398 valence electrons. The largest absolute Gasteiger partial charge is 0.466 e. The van der Waals surface area contributed by atoms with E-state index in [2.05, 4.69) is 31.3 Å². The second-order valence-electron chi connectivity index (χ2n) is 21.0. The topological polar surface area (TPSA) is 95.9 Å². The maximum Gasteiger partial charge on any atom is 0.305 e. The quantitative estimate of drug-likeness (QED) is 0.0321. The number of nitrogens with one attached hydrogen (secondary N) is 1. The van der Waals surface area contributed by atoms with E-state index in [0.29, 0.717) is 25.9 Å². The molecule has 0 aromatic carbocycles. The Bertz CT molecular complexity index is 1000. The standard InChI is InChI=1S/C61H119NO5/c1-3-5-7-9-11-13-15-16-17-25-29-32-35-39-43-47-51-55-61(66)67-56-52-48-44-40-36-33-30-27-24-22-20-18-19-21-23-26-28-31-34-38-42-46-50-54-60(65)62-58(57-63)59(64)53-49-45-41-37-14-12-10-8-6-4-2/h21,23,58-59,63-64H,3-20,22,24-57H2,1-2H3,(H,62,65)/b23-21-. The fraction of sp³-hybridized carbons (Fsp3) is 0.934. The van der Waals surface area contributed by atoms with Crippen molar-refractivity contribution in [2.75, 3.05) is 13.2 Å². The zero-order valence-electron chi connectivity index (χ0n) is 45.4. The highest BCUT2D eigenvalue weighted by Crippen LogP contribution is 2.18. The smallest absolute Gasteiger partial charge is 0.305 e. The Labute approximate surface area is 419 Å². The summed E-state index contributed by atoms with van der Waals surface area (Å²) in [5.41, 5.74) is 0. The van der Waals surface area contributed by atoms with Crippen LogP contribution in [0, 0.1) is 0 Å². The Hall–Kier alpha value is -1.40. The van der Waals surface area contributed by atoms with Crippen LogP contribution in [-0.4, -0.2) is 47.4 Å². The predicted molar refractivity (Wildman–Crippen MR) is 292 cm³/mol. The van der Waals surface area contributed by atoms with Gasteiger partial charge in [0.2, 0.25) is 5.91 Å². The Kier molecular flexibility index (Phi) is 56.0. The summed E-state index contributed by atoms with van der Waals surface area (Å²) in [6, 6.07) is -0.543. The van der Waals surface area contributed by atoms with Gasteiger partial charge in [-0.25, -0.2) is 0 Å². The molecule has 0 spiro atoms. The Balaban J connectivity index is 3.36. The molecule has 0 radical (unpaired) electrons. The van der Waals surface area contributed by atoms with Crippen LogP contribution in [0.4, 0.5) is 0 Å². The molecule has 2 atom stereocenters. The van der Waals surface area contributed by atoms with Gasteiger partial charge in [-0.2, -0.15) is 0 Å². The van der Waals surface area contributed by atoms with Gasteiger partial charge < -0.3 is 20.3 Å². The van der Waals surface area contributed by atoms with E-state index in [0.717, 1.165) is 38.5 Å². The van der Waals surface area contributed by atoms with E-state index in [-0.39, 0.29) is 18.5 Å². The highest BCUT2D eigenvalue weighted by molar-refractivity contribution is 5.76. The van der Waals surface area contributed by atoms with Crippen molar-refractivity contribution in [2.24, 2.45) is 0 Å². The second kappa shape index (κ2) is 57.2. The molecule has 0 aliphatic rings. The molecule has 1 amide bonds. The first-order valence-corrected chi connectivity index (χ1v) is 30.4. The van der Waals surface area contributed by atoms with Gasteiger partial charge in [0.05, 0.1) is 25.4 Å². The third-order valence-corrected chi connectivity index (χ3v) is 14.3. The molecule has 0 aliphatic heterocycles. The first-order valence-electron chi connectivity index (χ1n) is 30.4. The van der Waals surface area contributed by atoms with E-state index >= 15 is 0 Å². The Morgan fingerprint density at radius 2 is 0.701 bits per heavy atom. The lowest BCUT2D eigenvalue weighted by molar-refractivity contribution is -0.143. The van der Waals surface area contributed by atoms with E-state index in [1.807, 2.05) is 0 Å². The monoisotopic (exact) mass is 946 g/mol. The number of ether oxygens (including phenoxy) is 1. The SMILES string of the molecule is CCCCCCCCCCCCCCCCCCCC(=O)OCCCCCCCCCCCCCC/C=C\CCCCCCCCCC(=O)NC(CO)C(O)CCCCCCCCCCCC. The number of rotatable bonds is 57. The maximum absolute atomic E-state index is 12.4. The lowest BCUT2D eigenvalue weighted by atomic mass is 10.0. The van der Waals surface area contributed by atoms with E-state index in [1.54, 1.807) is 0 Å². The molecule has 67 heavy (non-hydrogen) atoms. The minimum atomic E-state index is -0.665. The van der Waals surface area contributed by atoms with Crippen LogP contribution in [-0.2, 0) is 14.3 Å². The van der Waals surface area contributed by atoms with Gasteiger partial charge in [-0.1, -0.05) is 289 Å². The van der Waals surface area contributed by atoms with Gasteiger partial charge in [0.1, 0.15) is 0 Å². The van der Waals surface area contributed by atoms with Crippen molar-refractivity contribution in [3.63, 3.8) is 0 Å². The number of esters is 1. The average molecular weight is 947 g/mol. The maximum atomic E-state index is 12.4. The molecule has 0 aliphatic carbocycles. The molecule has 2 unspecified atom stereocenters. The molecule has 6 nitrogen and oxygen atoms in total. The van der Waals surface area contributed by atoms with Crippen LogP contribution in [0.15, 0.2) is 12.2 Å². The summed E-state index contributed by atoms with van der Waals surface area (Å²) in [5, 5.41) is 23.1. The van der Waals surface area contributed by atoms with Gasteiger partial charge in [0.25, 0.3) is 0 Å². The summed E-state index contributed by atoms with van der Waals surface area (Å²) in [7, 11) is 0. The van der Waals surface area contributed by atoms with Crippen molar-refractivity contribution in [2.45, 2.75) is 353 Å². The van der Waals surface area contributed by atoms with Gasteiger partial charge in [-0.05, 0) is 51.4 Å². The summed E-state index contributed by atoms with van der Waals surface area (Å²) in [5.74, 6) is -0.0258. The molecule has 0 bridgehead atoms. The fourth-order valence-corrected chi connectivity index (χ4v) is 9.64. The summed E-state index contributed by atoms with van der Waals surface area (Å²) < 4.78 is 5.50. The van der Waals surface area contributed by atoms with Crippen molar-refractivity contribution in [3.05, 3.63) is 12.2 Å². The number of aliphatic hydroxyl groups excluding tert-OH is 2. The number of carbonyl (C=O) groups is 2. The van der Waals surface area contributed by atoms with Crippen molar-refractivity contribution in [3.8, 4) is 0 Å². The summed E-state index contributed by atoms with van der Waals surface area (Å²) in [4.78, 5) is 24.5. The van der Waals surface area contributed by atoms with Crippen LogP contribution in [0.1, 0.15) is 341 Å². The molecule has 3 N–H and O–H groups in total. The Morgan fingerprint density at radius 1 is 0.403 bits per heavy atom. The zero-order chi connectivity index (χ0) is 48.6. The number of unbranched alkanes of at least 4 members (excludes halogenated alkanes) is 44. The van der Waals surface area contributed by atoms with E-state index in [1.165, 1.54) is 270 Å². The Morgan fingerprint density at radius 3 is 1.06 bits per heavy atom. The van der Waals surface area contributed by atoms with E-state index in [4.69, 9.17) is 4.74 Å². The van der Waals surface area contributed by atoms with Gasteiger partial charge in [-0.3, -0.25) is 9.59 Å². The first-order chi connectivity index (χ1) is 33.0. The van der Waals surface area contributed by atoms with Crippen LogP contribution >= 0.6 is 0 Å². The number of hydrogen-bond donors (Lipinski definition) is 3. The molecule has 0 aromatic rings. The minimum absolute atomic E-state index is 0.0159. The van der Waals surface area contributed by atoms with Gasteiger partial charge in [-0.15, -0.1) is 0 Å². The van der Waals surface area contributed by atoms with Crippen LogP contribution in [0.5, 0.6) is 0 Å². The minimum Gasteiger partial charge on any atom is -0.466 e. The third-order valence-electron chi connectivity index (χ3n) is 14.3. The van der Waals surface area contributed by atoms with Crippen LogP contribution < -0.4 is 5.32 Å². The molecule has 6 heteroatoms. The number of carbonyl (C=O) groups excluding carboxylic acids is 2.